The van der Waals surface area contributed by atoms with E-state index in [1.165, 1.54) is 16.3 Å². The van der Waals surface area contributed by atoms with Crippen molar-refractivity contribution in [1.82, 2.24) is 15.0 Å². The summed E-state index contributed by atoms with van der Waals surface area (Å²) in [4.78, 5) is 1.70. The molecule has 3 heteroatoms. The van der Waals surface area contributed by atoms with Crippen molar-refractivity contribution >= 4 is 10.8 Å². The third kappa shape index (κ3) is 1.56. The molecule has 16 heavy (non-hydrogen) atoms. The van der Waals surface area contributed by atoms with Gasteiger partial charge >= 0.3 is 0 Å². The second-order valence-electron chi connectivity index (χ2n) is 3.70. The zero-order chi connectivity index (χ0) is 10.8. The van der Waals surface area contributed by atoms with Crippen LogP contribution in [0.25, 0.3) is 10.8 Å². The quantitative estimate of drug-likeness (QED) is 0.649. The molecule has 0 aliphatic carbocycles. The fraction of sp³-hybridized carbons (Fsp3) is 0.0769. The van der Waals surface area contributed by atoms with Crippen molar-refractivity contribution < 1.29 is 0 Å². The van der Waals surface area contributed by atoms with Crippen molar-refractivity contribution in [3.63, 3.8) is 0 Å². The molecule has 0 bridgehead atoms. The van der Waals surface area contributed by atoms with Gasteiger partial charge in [0, 0.05) is 0 Å². The summed E-state index contributed by atoms with van der Waals surface area (Å²) in [6.45, 7) is 0.717. The number of hydrogen-bond donors (Lipinski definition) is 0. The smallest absolute Gasteiger partial charge is 0.0863 e. The van der Waals surface area contributed by atoms with Gasteiger partial charge < -0.3 is 0 Å². The highest BCUT2D eigenvalue weighted by Crippen LogP contribution is 2.18. The first kappa shape index (κ1) is 9.09. The largest absolute Gasteiger partial charge is 0.180 e. The van der Waals surface area contributed by atoms with Gasteiger partial charge in [0.2, 0.25) is 0 Å². The molecule has 0 atom stereocenters. The van der Waals surface area contributed by atoms with Crippen molar-refractivity contribution in [2.24, 2.45) is 0 Å². The maximum Gasteiger partial charge on any atom is 0.0863 e. The Hall–Kier alpha value is -2.16. The Bertz CT molecular complexity index is 594. The number of fused-ring (bicyclic) bond motifs is 1. The zero-order valence-electron chi connectivity index (χ0n) is 8.74. The van der Waals surface area contributed by atoms with Crippen molar-refractivity contribution in [2.75, 3.05) is 0 Å². The molecule has 2 aromatic carbocycles. The summed E-state index contributed by atoms with van der Waals surface area (Å²) >= 11 is 0. The van der Waals surface area contributed by atoms with E-state index in [9.17, 15) is 0 Å². The predicted octanol–water partition coefficient (Wildman–Crippen LogP) is 2.48. The molecule has 0 amide bonds. The van der Waals surface area contributed by atoms with E-state index in [1.54, 1.807) is 17.2 Å². The summed E-state index contributed by atoms with van der Waals surface area (Å²) in [6, 6.07) is 14.7. The van der Waals surface area contributed by atoms with Crippen LogP contribution in [0.15, 0.2) is 54.9 Å². The fourth-order valence-corrected chi connectivity index (χ4v) is 1.91. The van der Waals surface area contributed by atoms with E-state index in [4.69, 9.17) is 0 Å². The lowest BCUT2D eigenvalue weighted by Crippen LogP contribution is -2.03. The van der Waals surface area contributed by atoms with Crippen LogP contribution in [-0.2, 0) is 6.54 Å². The minimum Gasteiger partial charge on any atom is -0.180 e. The number of aromatic nitrogens is 3. The van der Waals surface area contributed by atoms with Crippen molar-refractivity contribution in [3.8, 4) is 0 Å². The summed E-state index contributed by atoms with van der Waals surface area (Å²) in [5.74, 6) is 0. The molecule has 0 aliphatic heterocycles. The molecule has 0 fully saturated rings. The Labute approximate surface area is 93.3 Å². The molecule has 1 heterocycles. The van der Waals surface area contributed by atoms with Crippen LogP contribution in [0.4, 0.5) is 0 Å². The highest BCUT2D eigenvalue weighted by atomic mass is 15.5. The first-order valence-corrected chi connectivity index (χ1v) is 5.24. The Morgan fingerprint density at radius 3 is 2.50 bits per heavy atom. The predicted molar refractivity (Wildman–Crippen MR) is 63.1 cm³/mol. The fourth-order valence-electron chi connectivity index (χ4n) is 1.91. The molecule has 0 N–H and O–H groups in total. The van der Waals surface area contributed by atoms with Gasteiger partial charge in [-0.05, 0) is 16.3 Å². The van der Waals surface area contributed by atoms with E-state index in [-0.39, 0.29) is 0 Å². The molecule has 0 spiro atoms. The summed E-state index contributed by atoms with van der Waals surface area (Å²) in [5, 5.41) is 10.8. The Morgan fingerprint density at radius 2 is 1.62 bits per heavy atom. The molecule has 0 saturated heterocycles. The van der Waals surface area contributed by atoms with E-state index < -0.39 is 0 Å². The highest BCUT2D eigenvalue weighted by Gasteiger charge is 2.01. The van der Waals surface area contributed by atoms with Crippen LogP contribution in [0.2, 0.25) is 0 Å². The van der Waals surface area contributed by atoms with E-state index in [0.29, 0.717) is 6.54 Å². The van der Waals surface area contributed by atoms with Crippen LogP contribution in [0, 0.1) is 0 Å². The SMILES string of the molecule is c1ccc2c(Cn3nccn3)cccc2c1. The first-order chi connectivity index (χ1) is 7.93. The van der Waals surface area contributed by atoms with Gasteiger partial charge in [-0.2, -0.15) is 15.0 Å². The monoisotopic (exact) mass is 209 g/mol. The van der Waals surface area contributed by atoms with Crippen molar-refractivity contribution in [3.05, 3.63) is 60.4 Å². The zero-order valence-corrected chi connectivity index (χ0v) is 8.74. The first-order valence-electron chi connectivity index (χ1n) is 5.24. The maximum absolute atomic E-state index is 4.12. The molecule has 0 radical (unpaired) electrons. The third-order valence-corrected chi connectivity index (χ3v) is 2.66. The number of rotatable bonds is 2. The Morgan fingerprint density at radius 1 is 0.875 bits per heavy atom. The van der Waals surface area contributed by atoms with Crippen LogP contribution in [-0.4, -0.2) is 15.0 Å². The summed E-state index contributed by atoms with van der Waals surface area (Å²) in [7, 11) is 0. The molecule has 1 aromatic heterocycles. The van der Waals surface area contributed by atoms with Gasteiger partial charge in [-0.1, -0.05) is 42.5 Å². The Balaban J connectivity index is 2.10. The van der Waals surface area contributed by atoms with E-state index >= 15 is 0 Å². The summed E-state index contributed by atoms with van der Waals surface area (Å²) in [6.07, 6.45) is 3.40. The number of nitrogens with zero attached hydrogens (tertiary/aromatic N) is 3. The van der Waals surface area contributed by atoms with Gasteiger partial charge in [0.1, 0.15) is 0 Å². The molecule has 78 valence electrons. The topological polar surface area (TPSA) is 30.7 Å². The molecule has 0 unspecified atom stereocenters. The third-order valence-electron chi connectivity index (χ3n) is 2.66. The molecular formula is C13H11N3. The van der Waals surface area contributed by atoms with Gasteiger partial charge in [-0.25, -0.2) is 0 Å². The summed E-state index contributed by atoms with van der Waals surface area (Å²) < 4.78 is 0. The standard InChI is InChI=1S/C13H11N3/c1-2-7-13-11(4-1)5-3-6-12(13)10-16-14-8-9-15-16/h1-9H,10H2. The van der Waals surface area contributed by atoms with E-state index in [1.807, 2.05) is 0 Å². The lowest BCUT2D eigenvalue weighted by atomic mass is 10.1. The second-order valence-corrected chi connectivity index (χ2v) is 3.70. The molecular weight excluding hydrogens is 198 g/mol. The van der Waals surface area contributed by atoms with Crippen LogP contribution in [0.5, 0.6) is 0 Å². The molecule has 0 saturated carbocycles. The number of hydrogen-bond acceptors (Lipinski definition) is 2. The molecule has 0 aliphatic rings. The number of benzene rings is 2. The van der Waals surface area contributed by atoms with Gasteiger partial charge in [0.05, 0.1) is 18.9 Å². The highest BCUT2D eigenvalue weighted by molar-refractivity contribution is 5.85. The van der Waals surface area contributed by atoms with E-state index in [0.717, 1.165) is 0 Å². The van der Waals surface area contributed by atoms with Crippen molar-refractivity contribution in [2.45, 2.75) is 6.54 Å². The van der Waals surface area contributed by atoms with E-state index in [2.05, 4.69) is 52.7 Å². The van der Waals surface area contributed by atoms with Crippen LogP contribution in [0.1, 0.15) is 5.56 Å². The van der Waals surface area contributed by atoms with Gasteiger partial charge in [0.25, 0.3) is 0 Å². The lowest BCUT2D eigenvalue weighted by molar-refractivity contribution is 0.593. The minimum atomic E-state index is 0.717. The van der Waals surface area contributed by atoms with Gasteiger partial charge in [-0.15, -0.1) is 0 Å². The van der Waals surface area contributed by atoms with Crippen LogP contribution >= 0.6 is 0 Å². The van der Waals surface area contributed by atoms with Crippen LogP contribution in [0.3, 0.4) is 0 Å². The average molecular weight is 209 g/mol. The normalized spacial score (nSPS) is 10.8. The minimum absolute atomic E-state index is 0.717. The maximum atomic E-state index is 4.12. The molecule has 3 rings (SSSR count). The van der Waals surface area contributed by atoms with Crippen molar-refractivity contribution in [1.29, 1.82) is 0 Å². The van der Waals surface area contributed by atoms with Gasteiger partial charge in [0.15, 0.2) is 0 Å². The molecule has 3 nitrogen and oxygen atoms in total. The molecule has 3 aromatic rings. The van der Waals surface area contributed by atoms with Gasteiger partial charge in [-0.3, -0.25) is 0 Å². The lowest BCUT2D eigenvalue weighted by Gasteiger charge is -2.05. The van der Waals surface area contributed by atoms with Crippen LogP contribution < -0.4 is 0 Å². The summed E-state index contributed by atoms with van der Waals surface area (Å²) in [5.41, 5.74) is 1.24. The second kappa shape index (κ2) is 3.77. The average Bonchev–Trinajstić information content (AvgIpc) is 2.82. The Kier molecular flexibility index (Phi) is 2.14.